The van der Waals surface area contributed by atoms with Crippen LogP contribution in [0.3, 0.4) is 0 Å². The lowest BCUT2D eigenvalue weighted by atomic mass is 9.48. The summed E-state index contributed by atoms with van der Waals surface area (Å²) in [6.07, 6.45) is 4.06. The van der Waals surface area contributed by atoms with Gasteiger partial charge >= 0.3 is 5.97 Å². The number of carbonyl (C=O) groups excluding carboxylic acids is 2. The molecule has 4 saturated carbocycles. The minimum Gasteiger partial charge on any atom is -0.454 e. The number of ether oxygens (including phenoxy) is 1. The summed E-state index contributed by atoms with van der Waals surface area (Å²) < 4.78 is 5.63. The fraction of sp³-hybridized carbons (Fsp3) is 0.619. The molecule has 4 aliphatic carbocycles. The quantitative estimate of drug-likeness (QED) is 0.672. The molecule has 0 aromatic heterocycles. The van der Waals surface area contributed by atoms with E-state index in [0.29, 0.717) is 23.8 Å². The van der Waals surface area contributed by atoms with Gasteiger partial charge in [0, 0.05) is 5.56 Å². The standard InChI is InChI=1S/C21H26O4/c1-13-3-5-17(6-4-13)18(22)14(2)25-19(23)20-8-15-7-16(9-20)11-21(24,10-15)12-20/h3-6,14-16,24H,7-12H2,1-2H3/t14-,15+,16+,20?,21?/m0/s1. The summed E-state index contributed by atoms with van der Waals surface area (Å²) in [6.45, 7) is 3.62. The van der Waals surface area contributed by atoms with Gasteiger partial charge in [0.25, 0.3) is 0 Å². The molecule has 0 amide bonds. The van der Waals surface area contributed by atoms with Crippen LogP contribution in [0.4, 0.5) is 0 Å². The molecular formula is C21H26O4. The van der Waals surface area contributed by atoms with Gasteiger partial charge in [0.2, 0.25) is 5.78 Å². The zero-order valence-corrected chi connectivity index (χ0v) is 15.0. The molecule has 0 aliphatic heterocycles. The Morgan fingerprint density at radius 2 is 1.72 bits per heavy atom. The lowest BCUT2D eigenvalue weighted by Crippen LogP contribution is -2.58. The van der Waals surface area contributed by atoms with E-state index in [2.05, 4.69) is 0 Å². The highest BCUT2D eigenvalue weighted by molar-refractivity contribution is 6.00. The highest BCUT2D eigenvalue weighted by Crippen LogP contribution is 2.62. The van der Waals surface area contributed by atoms with E-state index in [1.807, 2.05) is 19.1 Å². The Bertz CT molecular complexity index is 691. The van der Waals surface area contributed by atoms with Crippen molar-refractivity contribution < 1.29 is 19.4 Å². The molecule has 1 aromatic rings. The maximum absolute atomic E-state index is 13.0. The maximum Gasteiger partial charge on any atom is 0.312 e. The van der Waals surface area contributed by atoms with E-state index in [4.69, 9.17) is 4.74 Å². The number of ketones is 1. The Morgan fingerprint density at radius 1 is 1.12 bits per heavy atom. The van der Waals surface area contributed by atoms with Gasteiger partial charge in [-0.15, -0.1) is 0 Å². The molecule has 134 valence electrons. The lowest BCUT2D eigenvalue weighted by Gasteiger charge is -2.58. The van der Waals surface area contributed by atoms with E-state index in [1.165, 1.54) is 0 Å². The highest BCUT2D eigenvalue weighted by Gasteiger charge is 2.61. The molecule has 0 unspecified atom stereocenters. The van der Waals surface area contributed by atoms with Crippen molar-refractivity contribution in [2.24, 2.45) is 17.3 Å². The van der Waals surface area contributed by atoms with Gasteiger partial charge in [-0.05, 0) is 64.2 Å². The van der Waals surface area contributed by atoms with Gasteiger partial charge in [0.15, 0.2) is 6.10 Å². The smallest absolute Gasteiger partial charge is 0.312 e. The van der Waals surface area contributed by atoms with Crippen molar-refractivity contribution in [3.63, 3.8) is 0 Å². The summed E-state index contributed by atoms with van der Waals surface area (Å²) >= 11 is 0. The Balaban J connectivity index is 1.48. The molecule has 4 bridgehead atoms. The molecule has 0 heterocycles. The van der Waals surface area contributed by atoms with E-state index in [-0.39, 0.29) is 11.8 Å². The summed E-state index contributed by atoms with van der Waals surface area (Å²) in [5, 5.41) is 10.8. The number of rotatable bonds is 4. The molecular weight excluding hydrogens is 316 g/mol. The van der Waals surface area contributed by atoms with E-state index in [1.54, 1.807) is 19.1 Å². The maximum atomic E-state index is 13.0. The van der Waals surface area contributed by atoms with Crippen LogP contribution in [0.1, 0.15) is 61.4 Å². The zero-order chi connectivity index (χ0) is 17.8. The van der Waals surface area contributed by atoms with Crippen LogP contribution in [0.25, 0.3) is 0 Å². The van der Waals surface area contributed by atoms with Crippen LogP contribution in [-0.2, 0) is 9.53 Å². The number of esters is 1. The average Bonchev–Trinajstić information content (AvgIpc) is 2.52. The highest BCUT2D eigenvalue weighted by atomic mass is 16.5. The second kappa shape index (κ2) is 5.66. The minimum atomic E-state index is -0.794. The summed E-state index contributed by atoms with van der Waals surface area (Å²) in [7, 11) is 0. The van der Waals surface area contributed by atoms with Gasteiger partial charge in [-0.25, -0.2) is 0 Å². The van der Waals surface area contributed by atoms with E-state index in [9.17, 15) is 14.7 Å². The van der Waals surface area contributed by atoms with Crippen molar-refractivity contribution in [2.45, 2.75) is 64.1 Å². The third-order valence-corrected chi connectivity index (χ3v) is 6.45. The largest absolute Gasteiger partial charge is 0.454 e. The van der Waals surface area contributed by atoms with E-state index >= 15 is 0 Å². The second-order valence-electron chi connectivity index (χ2n) is 8.74. The molecule has 1 aromatic carbocycles. The summed E-state index contributed by atoms with van der Waals surface area (Å²) in [5.41, 5.74) is 0.367. The number of Topliss-reactive ketones (excluding diaryl/α,β-unsaturated/α-hetero) is 1. The van der Waals surface area contributed by atoms with Gasteiger partial charge in [-0.1, -0.05) is 29.8 Å². The number of benzene rings is 1. The Labute approximate surface area is 148 Å². The van der Waals surface area contributed by atoms with Crippen molar-refractivity contribution in [2.75, 3.05) is 0 Å². The topological polar surface area (TPSA) is 63.6 Å². The number of hydrogen-bond donors (Lipinski definition) is 1. The molecule has 4 aliphatic rings. The first-order valence-corrected chi connectivity index (χ1v) is 9.33. The van der Waals surface area contributed by atoms with Crippen molar-refractivity contribution in [3.8, 4) is 0 Å². The number of hydrogen-bond acceptors (Lipinski definition) is 4. The van der Waals surface area contributed by atoms with Crippen LogP contribution in [-0.4, -0.2) is 28.6 Å². The second-order valence-corrected chi connectivity index (χ2v) is 8.74. The number of aliphatic hydroxyl groups is 1. The SMILES string of the molecule is Cc1ccc(C(=O)[C@H](C)OC(=O)C23C[C@H]4C[C@@H](CC(O)(C4)C2)C3)cc1. The molecule has 3 atom stereocenters. The Morgan fingerprint density at radius 3 is 2.28 bits per heavy atom. The van der Waals surface area contributed by atoms with Crippen molar-refractivity contribution >= 4 is 11.8 Å². The van der Waals surface area contributed by atoms with Gasteiger partial charge in [0.1, 0.15) is 0 Å². The fourth-order valence-electron chi connectivity index (χ4n) is 5.74. The number of aryl methyl sites for hydroxylation is 1. The first-order chi connectivity index (χ1) is 11.8. The predicted molar refractivity (Wildman–Crippen MR) is 93.1 cm³/mol. The lowest BCUT2D eigenvalue weighted by molar-refractivity contribution is -0.197. The van der Waals surface area contributed by atoms with Crippen molar-refractivity contribution in [1.29, 1.82) is 0 Å². The third-order valence-electron chi connectivity index (χ3n) is 6.45. The van der Waals surface area contributed by atoms with E-state index < -0.39 is 17.1 Å². The van der Waals surface area contributed by atoms with Gasteiger partial charge in [-0.2, -0.15) is 0 Å². The van der Waals surface area contributed by atoms with Crippen LogP contribution >= 0.6 is 0 Å². The molecule has 5 rings (SSSR count). The van der Waals surface area contributed by atoms with Gasteiger partial charge in [0.05, 0.1) is 11.0 Å². The summed E-state index contributed by atoms with van der Waals surface area (Å²) in [5.74, 6) is 0.383. The zero-order valence-electron chi connectivity index (χ0n) is 15.0. The normalized spacial score (nSPS) is 36.9. The summed E-state index contributed by atoms with van der Waals surface area (Å²) in [6, 6.07) is 7.32. The molecule has 4 nitrogen and oxygen atoms in total. The fourth-order valence-corrected chi connectivity index (χ4v) is 5.74. The van der Waals surface area contributed by atoms with Crippen molar-refractivity contribution in [3.05, 3.63) is 35.4 Å². The molecule has 25 heavy (non-hydrogen) atoms. The van der Waals surface area contributed by atoms with Gasteiger partial charge in [-0.3, -0.25) is 9.59 Å². The molecule has 0 radical (unpaired) electrons. The Hall–Kier alpha value is -1.68. The molecule has 0 saturated heterocycles. The molecule has 4 heteroatoms. The average molecular weight is 342 g/mol. The van der Waals surface area contributed by atoms with Crippen LogP contribution in [0, 0.1) is 24.2 Å². The van der Waals surface area contributed by atoms with Crippen LogP contribution in [0.2, 0.25) is 0 Å². The molecule has 0 spiro atoms. The molecule has 1 N–H and O–H groups in total. The predicted octanol–water partition coefficient (Wildman–Crippen LogP) is 3.44. The van der Waals surface area contributed by atoms with Crippen LogP contribution in [0.5, 0.6) is 0 Å². The van der Waals surface area contributed by atoms with Crippen LogP contribution < -0.4 is 0 Å². The monoisotopic (exact) mass is 342 g/mol. The first-order valence-electron chi connectivity index (χ1n) is 9.33. The Kier molecular flexibility index (Phi) is 3.80. The third kappa shape index (κ3) is 2.91. The number of carbonyl (C=O) groups is 2. The molecule has 4 fully saturated rings. The minimum absolute atomic E-state index is 0.170. The van der Waals surface area contributed by atoms with Crippen molar-refractivity contribution in [1.82, 2.24) is 0 Å². The van der Waals surface area contributed by atoms with E-state index in [0.717, 1.165) is 37.7 Å². The summed E-state index contributed by atoms with van der Waals surface area (Å²) in [4.78, 5) is 25.5. The first kappa shape index (κ1) is 16.8. The van der Waals surface area contributed by atoms with Gasteiger partial charge < -0.3 is 9.84 Å². The van der Waals surface area contributed by atoms with Crippen LogP contribution in [0.15, 0.2) is 24.3 Å².